The Morgan fingerprint density at radius 1 is 0.939 bits per heavy atom. The SMILES string of the molecule is CC1CCN(C(=O)CC[C@@H](C)[C@H]2CC[C@H]3[C@@H]4CC[C@H]5C[C@@H](O)CC[C@]5(C)[C@H]4CC[C@]23C)CC1. The lowest BCUT2D eigenvalue weighted by Gasteiger charge is -2.61. The van der Waals surface area contributed by atoms with E-state index in [1.807, 2.05) is 0 Å². The first kappa shape index (κ1) is 24.1. The predicted molar refractivity (Wildman–Crippen MR) is 135 cm³/mol. The van der Waals surface area contributed by atoms with E-state index in [2.05, 4.69) is 32.6 Å². The van der Waals surface area contributed by atoms with Gasteiger partial charge in [-0.3, -0.25) is 4.79 Å². The van der Waals surface area contributed by atoms with Gasteiger partial charge in [-0.05, 0) is 129 Å². The Labute approximate surface area is 203 Å². The van der Waals surface area contributed by atoms with Gasteiger partial charge < -0.3 is 10.0 Å². The lowest BCUT2D eigenvalue weighted by Crippen LogP contribution is -2.54. The van der Waals surface area contributed by atoms with Crippen LogP contribution in [0.15, 0.2) is 0 Å². The summed E-state index contributed by atoms with van der Waals surface area (Å²) in [5.74, 6) is 6.13. The summed E-state index contributed by atoms with van der Waals surface area (Å²) in [6.07, 6.45) is 15.9. The zero-order valence-electron chi connectivity index (χ0n) is 22.0. The molecule has 0 radical (unpaired) electrons. The van der Waals surface area contributed by atoms with Crippen LogP contribution < -0.4 is 0 Å². The molecule has 0 bridgehead atoms. The molecule has 3 nitrogen and oxygen atoms in total. The van der Waals surface area contributed by atoms with E-state index >= 15 is 0 Å². The molecule has 1 saturated heterocycles. The molecular formula is C30H51NO2. The average Bonchev–Trinajstić information content (AvgIpc) is 3.15. The van der Waals surface area contributed by atoms with Crippen LogP contribution in [-0.4, -0.2) is 35.1 Å². The molecule has 5 rings (SSSR count). The lowest BCUT2D eigenvalue weighted by molar-refractivity contribution is -0.134. The second kappa shape index (κ2) is 9.14. The molecule has 0 aromatic heterocycles. The maximum Gasteiger partial charge on any atom is 0.222 e. The molecule has 0 unspecified atom stereocenters. The maximum absolute atomic E-state index is 12.9. The Kier molecular flexibility index (Phi) is 6.69. The highest BCUT2D eigenvalue weighted by atomic mass is 16.3. The van der Waals surface area contributed by atoms with Crippen molar-refractivity contribution < 1.29 is 9.90 Å². The first-order valence-corrected chi connectivity index (χ1v) is 14.7. The van der Waals surface area contributed by atoms with Gasteiger partial charge in [0, 0.05) is 19.5 Å². The van der Waals surface area contributed by atoms with E-state index in [4.69, 9.17) is 0 Å². The molecule has 0 spiro atoms. The highest BCUT2D eigenvalue weighted by Crippen LogP contribution is 2.68. The Balaban J connectivity index is 1.21. The molecule has 0 aromatic carbocycles. The van der Waals surface area contributed by atoms with E-state index in [1.165, 1.54) is 57.8 Å². The van der Waals surface area contributed by atoms with E-state index < -0.39 is 0 Å². The van der Waals surface area contributed by atoms with E-state index in [-0.39, 0.29) is 6.10 Å². The third-order valence-electron chi connectivity index (χ3n) is 12.3. The van der Waals surface area contributed by atoms with Crippen LogP contribution in [0.3, 0.4) is 0 Å². The Hall–Kier alpha value is -0.570. The number of hydrogen-bond donors (Lipinski definition) is 1. The van der Waals surface area contributed by atoms with Crippen molar-refractivity contribution in [3.63, 3.8) is 0 Å². The second-order valence-electron chi connectivity index (χ2n) is 13.9. The highest BCUT2D eigenvalue weighted by molar-refractivity contribution is 5.76. The maximum atomic E-state index is 12.9. The second-order valence-corrected chi connectivity index (χ2v) is 13.9. The molecule has 5 fully saturated rings. The van der Waals surface area contributed by atoms with Gasteiger partial charge in [0.05, 0.1) is 6.10 Å². The van der Waals surface area contributed by atoms with Crippen molar-refractivity contribution in [2.75, 3.05) is 13.1 Å². The van der Waals surface area contributed by atoms with Crippen molar-refractivity contribution in [1.82, 2.24) is 4.90 Å². The van der Waals surface area contributed by atoms with Crippen LogP contribution in [0.4, 0.5) is 0 Å². The summed E-state index contributed by atoms with van der Waals surface area (Å²) in [6, 6.07) is 0. The predicted octanol–water partition coefficient (Wildman–Crippen LogP) is 6.68. The van der Waals surface area contributed by atoms with Crippen molar-refractivity contribution in [1.29, 1.82) is 0 Å². The van der Waals surface area contributed by atoms with Gasteiger partial charge in [-0.25, -0.2) is 0 Å². The monoisotopic (exact) mass is 457 g/mol. The molecule has 9 atom stereocenters. The topological polar surface area (TPSA) is 40.5 Å². The third-order valence-corrected chi connectivity index (χ3v) is 12.3. The Morgan fingerprint density at radius 3 is 2.39 bits per heavy atom. The third kappa shape index (κ3) is 4.21. The van der Waals surface area contributed by atoms with Gasteiger partial charge >= 0.3 is 0 Å². The summed E-state index contributed by atoms with van der Waals surface area (Å²) in [4.78, 5) is 15.0. The minimum atomic E-state index is -0.0405. The van der Waals surface area contributed by atoms with Crippen LogP contribution in [0, 0.1) is 52.3 Å². The fourth-order valence-corrected chi connectivity index (χ4v) is 10.2. The van der Waals surface area contributed by atoms with Crippen LogP contribution in [0.2, 0.25) is 0 Å². The quantitative estimate of drug-likeness (QED) is 0.511. The van der Waals surface area contributed by atoms with Gasteiger partial charge in [-0.2, -0.15) is 0 Å². The van der Waals surface area contributed by atoms with Crippen molar-refractivity contribution in [3.05, 3.63) is 0 Å². The van der Waals surface area contributed by atoms with Gasteiger partial charge in [0.2, 0.25) is 5.91 Å². The first-order valence-electron chi connectivity index (χ1n) is 14.7. The summed E-state index contributed by atoms with van der Waals surface area (Å²) in [5, 5.41) is 10.3. The van der Waals surface area contributed by atoms with Crippen LogP contribution in [-0.2, 0) is 4.79 Å². The number of fused-ring (bicyclic) bond motifs is 5. The largest absolute Gasteiger partial charge is 0.393 e. The summed E-state index contributed by atoms with van der Waals surface area (Å²) < 4.78 is 0. The molecule has 3 heteroatoms. The molecule has 0 aromatic rings. The number of aliphatic hydroxyl groups excluding tert-OH is 1. The molecule has 4 aliphatic carbocycles. The molecule has 1 heterocycles. The lowest BCUT2D eigenvalue weighted by atomic mass is 9.44. The molecule has 1 amide bonds. The number of likely N-dealkylation sites (tertiary alicyclic amines) is 1. The minimum absolute atomic E-state index is 0.0405. The first-order chi connectivity index (χ1) is 15.7. The average molecular weight is 458 g/mol. The number of hydrogen-bond acceptors (Lipinski definition) is 2. The van der Waals surface area contributed by atoms with Crippen molar-refractivity contribution >= 4 is 5.91 Å². The fraction of sp³-hybridized carbons (Fsp3) is 0.967. The van der Waals surface area contributed by atoms with Crippen molar-refractivity contribution in [3.8, 4) is 0 Å². The van der Waals surface area contributed by atoms with Gasteiger partial charge in [0.25, 0.3) is 0 Å². The zero-order chi connectivity index (χ0) is 23.4. The van der Waals surface area contributed by atoms with E-state index in [0.717, 1.165) is 74.3 Å². The Morgan fingerprint density at radius 2 is 1.64 bits per heavy atom. The number of piperidine rings is 1. The van der Waals surface area contributed by atoms with Crippen LogP contribution >= 0.6 is 0 Å². The normalized spacial score (nSPS) is 46.9. The fourth-order valence-electron chi connectivity index (χ4n) is 10.2. The number of aliphatic hydroxyl groups is 1. The summed E-state index contributed by atoms with van der Waals surface area (Å²) >= 11 is 0. The molecule has 33 heavy (non-hydrogen) atoms. The molecule has 188 valence electrons. The van der Waals surface area contributed by atoms with Crippen LogP contribution in [0.1, 0.15) is 111 Å². The van der Waals surface area contributed by atoms with Gasteiger partial charge in [0.1, 0.15) is 0 Å². The van der Waals surface area contributed by atoms with Crippen LogP contribution in [0.25, 0.3) is 0 Å². The molecule has 1 aliphatic heterocycles. The standard InChI is InChI=1S/C30H51NO2/c1-20-13-17-31(18-14-20)28(33)10-5-21(2)25-8-9-26-24-7-6-22-19-23(32)11-15-29(22,3)27(24)12-16-30(25,26)4/h20-27,32H,5-19H2,1-4H3/t21-,22+,23+,24+,25-,26+,27+,29+,30-/m1/s1. The van der Waals surface area contributed by atoms with Gasteiger partial charge in [0.15, 0.2) is 0 Å². The molecule has 4 saturated carbocycles. The highest BCUT2D eigenvalue weighted by Gasteiger charge is 2.60. The van der Waals surface area contributed by atoms with Crippen LogP contribution in [0.5, 0.6) is 0 Å². The van der Waals surface area contributed by atoms with Gasteiger partial charge in [-0.15, -0.1) is 0 Å². The Bertz CT molecular complexity index is 714. The van der Waals surface area contributed by atoms with Crippen molar-refractivity contribution in [2.24, 2.45) is 52.3 Å². The summed E-state index contributed by atoms with van der Waals surface area (Å²) in [7, 11) is 0. The van der Waals surface area contributed by atoms with Crippen molar-refractivity contribution in [2.45, 2.75) is 117 Å². The molecule has 1 N–H and O–H groups in total. The van der Waals surface area contributed by atoms with Gasteiger partial charge in [-0.1, -0.05) is 27.7 Å². The van der Waals surface area contributed by atoms with E-state index in [9.17, 15) is 9.90 Å². The number of carbonyl (C=O) groups excluding carboxylic acids is 1. The van der Waals surface area contributed by atoms with E-state index in [0.29, 0.717) is 22.7 Å². The molecule has 5 aliphatic rings. The number of nitrogens with zero attached hydrogens (tertiary/aromatic N) is 1. The summed E-state index contributed by atoms with van der Waals surface area (Å²) in [6.45, 7) is 12.0. The molecular weight excluding hydrogens is 406 g/mol. The minimum Gasteiger partial charge on any atom is -0.393 e. The summed E-state index contributed by atoms with van der Waals surface area (Å²) in [5.41, 5.74) is 0.965. The van der Waals surface area contributed by atoms with E-state index in [1.54, 1.807) is 0 Å². The number of rotatable bonds is 4. The number of carbonyl (C=O) groups is 1. The zero-order valence-corrected chi connectivity index (χ0v) is 22.0. The number of amides is 1. The smallest absolute Gasteiger partial charge is 0.222 e.